The highest BCUT2D eigenvalue weighted by molar-refractivity contribution is 14.0. The topological polar surface area (TPSA) is 74.7 Å². The Morgan fingerprint density at radius 3 is 2.96 bits per heavy atom. The molecular weight excluding hydrogens is 474 g/mol. The maximum absolute atomic E-state index is 13.9. The molecule has 0 spiro atoms. The van der Waals surface area contributed by atoms with Crippen LogP contribution < -0.4 is 20.3 Å². The number of aliphatic imine (C=N–C) groups is 1. The van der Waals surface area contributed by atoms with Gasteiger partial charge in [0.25, 0.3) is 0 Å². The van der Waals surface area contributed by atoms with Gasteiger partial charge in [-0.3, -0.25) is 0 Å². The van der Waals surface area contributed by atoms with E-state index in [4.69, 9.17) is 4.74 Å². The van der Waals surface area contributed by atoms with Crippen molar-refractivity contribution in [1.82, 2.24) is 20.6 Å². The zero-order chi connectivity index (χ0) is 19.1. The second-order valence-electron chi connectivity index (χ2n) is 6.29. The van der Waals surface area contributed by atoms with Crippen LogP contribution in [0.1, 0.15) is 18.9 Å². The number of anilines is 1. The maximum Gasteiger partial charge on any atom is 0.213 e. The van der Waals surface area contributed by atoms with Crippen LogP contribution in [0.5, 0.6) is 5.88 Å². The normalized spacial score (nSPS) is 16.5. The summed E-state index contributed by atoms with van der Waals surface area (Å²) in [7, 11) is 1.59. The number of hydrogen-bond acceptors (Lipinski definition) is 5. The van der Waals surface area contributed by atoms with E-state index in [-0.39, 0.29) is 35.8 Å². The van der Waals surface area contributed by atoms with Crippen LogP contribution in [0.15, 0.2) is 41.7 Å². The van der Waals surface area contributed by atoms with Crippen LogP contribution in [0.4, 0.5) is 10.2 Å². The van der Waals surface area contributed by atoms with Crippen molar-refractivity contribution >= 4 is 35.8 Å². The number of guanidine groups is 1. The van der Waals surface area contributed by atoms with Gasteiger partial charge in [-0.1, -0.05) is 0 Å². The van der Waals surface area contributed by atoms with Crippen molar-refractivity contribution in [3.05, 3.63) is 48.0 Å². The summed E-state index contributed by atoms with van der Waals surface area (Å²) >= 11 is 0. The summed E-state index contributed by atoms with van der Waals surface area (Å²) in [6, 6.07) is 7.01. The fraction of sp³-hybridized carbons (Fsp3) is 0.421. The molecule has 1 saturated heterocycles. The Hall–Kier alpha value is -2.17. The molecule has 1 fully saturated rings. The van der Waals surface area contributed by atoms with Crippen LogP contribution in [0.25, 0.3) is 0 Å². The molecule has 0 aromatic carbocycles. The molecule has 1 atom stereocenters. The van der Waals surface area contributed by atoms with E-state index in [0.29, 0.717) is 24.8 Å². The number of halogens is 2. The van der Waals surface area contributed by atoms with Crippen molar-refractivity contribution in [2.45, 2.75) is 25.9 Å². The summed E-state index contributed by atoms with van der Waals surface area (Å²) < 4.78 is 19.1. The van der Waals surface area contributed by atoms with E-state index in [2.05, 4.69) is 25.6 Å². The molecule has 7 nitrogen and oxygen atoms in total. The minimum atomic E-state index is -0.287. The number of pyridine rings is 2. The van der Waals surface area contributed by atoms with Gasteiger partial charge < -0.3 is 20.3 Å². The predicted octanol–water partition coefficient (Wildman–Crippen LogP) is 2.58. The summed E-state index contributed by atoms with van der Waals surface area (Å²) in [4.78, 5) is 14.9. The van der Waals surface area contributed by atoms with Crippen LogP contribution in [0.2, 0.25) is 0 Å². The van der Waals surface area contributed by atoms with Gasteiger partial charge in [0.15, 0.2) is 17.6 Å². The summed E-state index contributed by atoms with van der Waals surface area (Å²) in [6.45, 7) is 4.74. The van der Waals surface area contributed by atoms with E-state index in [0.717, 1.165) is 31.0 Å². The molecule has 0 saturated carbocycles. The van der Waals surface area contributed by atoms with Crippen LogP contribution in [-0.4, -0.2) is 48.7 Å². The molecule has 0 amide bonds. The summed E-state index contributed by atoms with van der Waals surface area (Å²) in [5, 5.41) is 6.69. The van der Waals surface area contributed by atoms with Crippen LogP contribution >= 0.6 is 24.0 Å². The summed E-state index contributed by atoms with van der Waals surface area (Å²) in [6.07, 6.45) is 4.22. The minimum absolute atomic E-state index is 0. The number of methoxy groups -OCH3 is 1. The Bertz CT molecular complexity index is 791. The zero-order valence-electron chi connectivity index (χ0n) is 16.1. The lowest BCUT2D eigenvalue weighted by atomic mass is 10.2. The molecule has 0 radical (unpaired) electrons. The van der Waals surface area contributed by atoms with Gasteiger partial charge in [0.2, 0.25) is 5.88 Å². The third-order valence-corrected chi connectivity index (χ3v) is 4.34. The largest absolute Gasteiger partial charge is 0.481 e. The van der Waals surface area contributed by atoms with Crippen molar-refractivity contribution in [3.8, 4) is 5.88 Å². The second-order valence-corrected chi connectivity index (χ2v) is 6.29. The first-order chi connectivity index (χ1) is 13.2. The van der Waals surface area contributed by atoms with Gasteiger partial charge in [0.1, 0.15) is 0 Å². The standard InChI is InChI=1S/C19H25FN6O.HI/c1-3-21-19(24-12-14-6-9-22-17(11-14)27-2)25-15-7-10-26(13-15)18-16(20)5-4-8-23-18;/h4-6,8-9,11,15H,3,7,10,12-13H2,1-2H3,(H2,21,24,25);1H. The molecule has 28 heavy (non-hydrogen) atoms. The third kappa shape index (κ3) is 5.91. The highest BCUT2D eigenvalue weighted by Crippen LogP contribution is 2.20. The first kappa shape index (κ1) is 22.1. The molecule has 2 N–H and O–H groups in total. The van der Waals surface area contributed by atoms with Gasteiger partial charge in [0, 0.05) is 44.1 Å². The van der Waals surface area contributed by atoms with Crippen LogP contribution in [0, 0.1) is 5.82 Å². The minimum Gasteiger partial charge on any atom is -0.481 e. The fourth-order valence-corrected chi connectivity index (χ4v) is 3.02. The average molecular weight is 500 g/mol. The number of rotatable bonds is 6. The molecule has 0 aliphatic carbocycles. The van der Waals surface area contributed by atoms with Gasteiger partial charge in [-0.15, -0.1) is 24.0 Å². The molecular formula is C19H26FIN6O. The van der Waals surface area contributed by atoms with Gasteiger partial charge in [0.05, 0.1) is 13.7 Å². The number of hydrogen-bond donors (Lipinski definition) is 2. The molecule has 0 bridgehead atoms. The Morgan fingerprint density at radius 1 is 1.36 bits per heavy atom. The number of aromatic nitrogens is 2. The Balaban J connectivity index is 0.00000280. The predicted molar refractivity (Wildman–Crippen MR) is 119 cm³/mol. The lowest BCUT2D eigenvalue weighted by Crippen LogP contribution is -2.44. The zero-order valence-corrected chi connectivity index (χ0v) is 18.4. The SMILES string of the molecule is CCNC(=NCc1ccnc(OC)c1)NC1CCN(c2ncccc2F)C1.I. The monoisotopic (exact) mass is 500 g/mol. The number of nitrogens with zero attached hydrogens (tertiary/aromatic N) is 4. The fourth-order valence-electron chi connectivity index (χ4n) is 3.02. The van der Waals surface area contributed by atoms with Gasteiger partial charge >= 0.3 is 0 Å². The van der Waals surface area contributed by atoms with Crippen LogP contribution in [0.3, 0.4) is 0 Å². The van der Waals surface area contributed by atoms with E-state index < -0.39 is 0 Å². The molecule has 1 aliphatic rings. The first-order valence-electron chi connectivity index (χ1n) is 9.08. The van der Waals surface area contributed by atoms with Gasteiger partial charge in [-0.2, -0.15) is 0 Å². The van der Waals surface area contributed by atoms with E-state index >= 15 is 0 Å². The lowest BCUT2D eigenvalue weighted by molar-refractivity contribution is 0.397. The summed E-state index contributed by atoms with van der Waals surface area (Å²) in [5.74, 6) is 1.43. The number of nitrogens with one attached hydrogen (secondary N) is 2. The van der Waals surface area contributed by atoms with Crippen molar-refractivity contribution < 1.29 is 9.13 Å². The average Bonchev–Trinajstić information content (AvgIpc) is 3.15. The van der Waals surface area contributed by atoms with Crippen molar-refractivity contribution in [2.24, 2.45) is 4.99 Å². The number of ether oxygens (including phenoxy) is 1. The molecule has 9 heteroatoms. The molecule has 3 rings (SSSR count). The molecule has 3 heterocycles. The van der Waals surface area contributed by atoms with Gasteiger partial charge in [-0.05, 0) is 37.1 Å². The Kier molecular flexibility index (Phi) is 8.68. The van der Waals surface area contributed by atoms with E-state index in [1.165, 1.54) is 6.07 Å². The van der Waals surface area contributed by atoms with Gasteiger partial charge in [-0.25, -0.2) is 19.4 Å². The molecule has 152 valence electrons. The molecule has 2 aromatic rings. The molecule has 1 unspecified atom stereocenters. The summed E-state index contributed by atoms with van der Waals surface area (Å²) in [5.41, 5.74) is 1.02. The smallest absolute Gasteiger partial charge is 0.213 e. The van der Waals surface area contributed by atoms with E-state index in [1.54, 1.807) is 25.6 Å². The Labute approximate surface area is 181 Å². The maximum atomic E-state index is 13.9. The molecule has 2 aromatic heterocycles. The first-order valence-corrected chi connectivity index (χ1v) is 9.08. The molecule has 1 aliphatic heterocycles. The highest BCUT2D eigenvalue weighted by atomic mass is 127. The van der Waals surface area contributed by atoms with Crippen molar-refractivity contribution in [3.63, 3.8) is 0 Å². The van der Waals surface area contributed by atoms with Crippen molar-refractivity contribution in [1.29, 1.82) is 0 Å². The van der Waals surface area contributed by atoms with Crippen LogP contribution in [-0.2, 0) is 6.54 Å². The highest BCUT2D eigenvalue weighted by Gasteiger charge is 2.25. The van der Waals surface area contributed by atoms with E-state index in [9.17, 15) is 4.39 Å². The quantitative estimate of drug-likeness (QED) is 0.361. The third-order valence-electron chi connectivity index (χ3n) is 4.34. The van der Waals surface area contributed by atoms with Crippen molar-refractivity contribution in [2.75, 3.05) is 31.6 Å². The lowest BCUT2D eigenvalue weighted by Gasteiger charge is -2.20. The Morgan fingerprint density at radius 2 is 2.21 bits per heavy atom. The second kappa shape index (κ2) is 11.0. The van der Waals surface area contributed by atoms with E-state index in [1.807, 2.05) is 24.0 Å².